The fourth-order valence-electron chi connectivity index (χ4n) is 1.73. The van der Waals surface area contributed by atoms with E-state index in [0.29, 0.717) is 24.5 Å². The number of hydrogen-bond acceptors (Lipinski definition) is 3. The number of hydrogen-bond donors (Lipinski definition) is 2. The average molecular weight is 221 g/mol. The Morgan fingerprint density at radius 1 is 1.56 bits per heavy atom. The fourth-order valence-corrected chi connectivity index (χ4v) is 1.73. The summed E-state index contributed by atoms with van der Waals surface area (Å²) in [6.45, 7) is 2.91. The molecule has 1 unspecified atom stereocenters. The highest BCUT2D eigenvalue weighted by Gasteiger charge is 2.23. The maximum absolute atomic E-state index is 11.8. The van der Waals surface area contributed by atoms with E-state index in [2.05, 4.69) is 5.32 Å². The number of rotatable bonds is 2. The van der Waals surface area contributed by atoms with Gasteiger partial charge >= 0.3 is 0 Å². The van der Waals surface area contributed by atoms with Crippen LogP contribution in [0.5, 0.6) is 5.75 Å². The Bertz CT molecular complexity index is 397. The maximum Gasteiger partial charge on any atom is 0.229 e. The second kappa shape index (κ2) is 4.53. The quantitative estimate of drug-likeness (QED) is 0.798. The molecule has 2 N–H and O–H groups in total. The number of nitrogens with one attached hydrogen (secondary N) is 1. The molecule has 0 spiro atoms. The molecule has 1 heterocycles. The molecular formula is C12H15NO3. The Morgan fingerprint density at radius 2 is 2.38 bits per heavy atom. The number of aromatic hydroxyl groups is 1. The van der Waals surface area contributed by atoms with Crippen LogP contribution in [0.1, 0.15) is 12.0 Å². The highest BCUT2D eigenvalue weighted by atomic mass is 16.5. The molecule has 1 aromatic carbocycles. The topological polar surface area (TPSA) is 58.6 Å². The zero-order valence-corrected chi connectivity index (χ0v) is 9.19. The van der Waals surface area contributed by atoms with Gasteiger partial charge in [0, 0.05) is 17.9 Å². The molecule has 0 saturated carbocycles. The summed E-state index contributed by atoms with van der Waals surface area (Å²) in [6.07, 6.45) is 0.768. The number of phenolic OH excluding ortho intramolecular Hbond substituents is 1. The van der Waals surface area contributed by atoms with Crippen LogP contribution >= 0.6 is 0 Å². The first-order valence-corrected chi connectivity index (χ1v) is 5.35. The monoisotopic (exact) mass is 221 g/mol. The summed E-state index contributed by atoms with van der Waals surface area (Å²) >= 11 is 0. The number of ether oxygens (including phenoxy) is 1. The highest BCUT2D eigenvalue weighted by molar-refractivity contribution is 5.93. The van der Waals surface area contributed by atoms with Crippen molar-refractivity contribution < 1.29 is 14.6 Å². The zero-order chi connectivity index (χ0) is 11.5. The first-order valence-electron chi connectivity index (χ1n) is 5.35. The van der Waals surface area contributed by atoms with Crippen molar-refractivity contribution in [2.45, 2.75) is 13.3 Å². The van der Waals surface area contributed by atoms with Crippen LogP contribution in [-0.4, -0.2) is 24.2 Å². The van der Waals surface area contributed by atoms with Crippen LogP contribution in [0.2, 0.25) is 0 Å². The Kier molecular flexibility index (Phi) is 3.10. The predicted molar refractivity (Wildman–Crippen MR) is 60.4 cm³/mol. The van der Waals surface area contributed by atoms with Gasteiger partial charge in [0.15, 0.2) is 0 Å². The molecule has 1 aliphatic rings. The van der Waals surface area contributed by atoms with E-state index >= 15 is 0 Å². The third-order valence-corrected chi connectivity index (χ3v) is 2.86. The van der Waals surface area contributed by atoms with Gasteiger partial charge in [-0.1, -0.05) is 6.07 Å². The fraction of sp³-hybridized carbons (Fsp3) is 0.417. The minimum atomic E-state index is -0.0678. The molecule has 4 heteroatoms. The first kappa shape index (κ1) is 11.0. The third-order valence-electron chi connectivity index (χ3n) is 2.86. The van der Waals surface area contributed by atoms with Crippen molar-refractivity contribution >= 4 is 11.6 Å². The number of anilines is 1. The van der Waals surface area contributed by atoms with E-state index in [4.69, 9.17) is 4.74 Å². The van der Waals surface area contributed by atoms with Crippen molar-refractivity contribution in [3.05, 3.63) is 23.8 Å². The predicted octanol–water partition coefficient (Wildman–Crippen LogP) is 1.68. The normalized spacial score (nSPS) is 19.7. The molecule has 1 aliphatic heterocycles. The van der Waals surface area contributed by atoms with Crippen molar-refractivity contribution in [3.8, 4) is 5.75 Å². The Morgan fingerprint density at radius 3 is 3.06 bits per heavy atom. The number of amides is 1. The van der Waals surface area contributed by atoms with Crippen molar-refractivity contribution in [2.75, 3.05) is 18.5 Å². The van der Waals surface area contributed by atoms with E-state index in [0.717, 1.165) is 6.42 Å². The first-order chi connectivity index (χ1) is 7.68. The largest absolute Gasteiger partial charge is 0.508 e. The lowest BCUT2D eigenvalue weighted by molar-refractivity contribution is -0.119. The second-order valence-electron chi connectivity index (χ2n) is 4.00. The van der Waals surface area contributed by atoms with Crippen molar-refractivity contribution in [1.29, 1.82) is 0 Å². The van der Waals surface area contributed by atoms with Gasteiger partial charge in [-0.15, -0.1) is 0 Å². The molecule has 1 aromatic rings. The van der Waals surface area contributed by atoms with Crippen LogP contribution < -0.4 is 5.32 Å². The molecule has 0 radical (unpaired) electrons. The summed E-state index contributed by atoms with van der Waals surface area (Å²) < 4.78 is 5.16. The molecule has 2 rings (SSSR count). The molecule has 1 atom stereocenters. The summed E-state index contributed by atoms with van der Waals surface area (Å²) in [5.41, 5.74) is 1.35. The Labute approximate surface area is 94.2 Å². The molecular weight excluding hydrogens is 206 g/mol. The zero-order valence-electron chi connectivity index (χ0n) is 9.19. The Balaban J connectivity index is 2.08. The number of benzene rings is 1. The SMILES string of the molecule is Cc1c(O)cccc1NC(=O)C1CCOC1. The molecule has 86 valence electrons. The molecule has 1 fully saturated rings. The van der Waals surface area contributed by atoms with Crippen LogP contribution in [0.15, 0.2) is 18.2 Å². The average Bonchev–Trinajstić information content (AvgIpc) is 2.78. The summed E-state index contributed by atoms with van der Waals surface area (Å²) in [4.78, 5) is 11.8. The van der Waals surface area contributed by atoms with Gasteiger partial charge < -0.3 is 15.2 Å². The van der Waals surface area contributed by atoms with Gasteiger partial charge in [0.2, 0.25) is 5.91 Å². The van der Waals surface area contributed by atoms with Crippen molar-refractivity contribution in [1.82, 2.24) is 0 Å². The van der Waals surface area contributed by atoms with E-state index in [1.165, 1.54) is 0 Å². The summed E-state index contributed by atoms with van der Waals surface area (Å²) in [5, 5.41) is 12.3. The van der Waals surface area contributed by atoms with Gasteiger partial charge in [-0.3, -0.25) is 4.79 Å². The molecule has 4 nitrogen and oxygen atoms in total. The van der Waals surface area contributed by atoms with Crippen LogP contribution in [0.3, 0.4) is 0 Å². The molecule has 1 saturated heterocycles. The number of carbonyl (C=O) groups is 1. The van der Waals surface area contributed by atoms with E-state index in [9.17, 15) is 9.90 Å². The van der Waals surface area contributed by atoms with Gasteiger partial charge in [0.25, 0.3) is 0 Å². The van der Waals surface area contributed by atoms with Crippen molar-refractivity contribution in [2.24, 2.45) is 5.92 Å². The van der Waals surface area contributed by atoms with Gasteiger partial charge in [-0.2, -0.15) is 0 Å². The van der Waals surface area contributed by atoms with Crippen LogP contribution in [0.4, 0.5) is 5.69 Å². The smallest absolute Gasteiger partial charge is 0.229 e. The minimum absolute atomic E-state index is 0.0359. The van der Waals surface area contributed by atoms with E-state index in [1.54, 1.807) is 25.1 Å². The molecule has 0 aromatic heterocycles. The Hall–Kier alpha value is -1.55. The molecule has 16 heavy (non-hydrogen) atoms. The standard InChI is InChI=1S/C12H15NO3/c1-8-10(3-2-4-11(8)14)13-12(15)9-5-6-16-7-9/h2-4,9,14H,5-7H2,1H3,(H,13,15). The minimum Gasteiger partial charge on any atom is -0.508 e. The molecule has 0 bridgehead atoms. The summed E-state index contributed by atoms with van der Waals surface area (Å²) in [7, 11) is 0. The summed E-state index contributed by atoms with van der Waals surface area (Å²) in [5.74, 6) is 0.0911. The lowest BCUT2D eigenvalue weighted by Gasteiger charge is -2.12. The highest BCUT2D eigenvalue weighted by Crippen LogP contribution is 2.25. The molecule has 1 amide bonds. The van der Waals surface area contributed by atoms with Crippen LogP contribution in [-0.2, 0) is 9.53 Å². The molecule has 0 aliphatic carbocycles. The van der Waals surface area contributed by atoms with Gasteiger partial charge in [0.1, 0.15) is 5.75 Å². The van der Waals surface area contributed by atoms with Crippen molar-refractivity contribution in [3.63, 3.8) is 0 Å². The lowest BCUT2D eigenvalue weighted by atomic mass is 10.1. The lowest BCUT2D eigenvalue weighted by Crippen LogP contribution is -2.23. The second-order valence-corrected chi connectivity index (χ2v) is 4.00. The number of carbonyl (C=O) groups excluding carboxylic acids is 1. The summed E-state index contributed by atoms with van der Waals surface area (Å²) in [6, 6.07) is 5.09. The van der Waals surface area contributed by atoms with E-state index in [-0.39, 0.29) is 17.6 Å². The van der Waals surface area contributed by atoms with Crippen LogP contribution in [0, 0.1) is 12.8 Å². The third kappa shape index (κ3) is 2.17. The number of phenols is 1. The van der Waals surface area contributed by atoms with Gasteiger partial charge in [0.05, 0.1) is 12.5 Å². The van der Waals surface area contributed by atoms with Gasteiger partial charge in [-0.25, -0.2) is 0 Å². The van der Waals surface area contributed by atoms with Gasteiger partial charge in [-0.05, 0) is 25.5 Å². The van der Waals surface area contributed by atoms with Crippen LogP contribution in [0.25, 0.3) is 0 Å². The maximum atomic E-state index is 11.8. The van der Waals surface area contributed by atoms with E-state index in [1.807, 2.05) is 0 Å². The van der Waals surface area contributed by atoms with E-state index < -0.39 is 0 Å².